The first-order chi connectivity index (χ1) is 12.0. The second-order valence-corrected chi connectivity index (χ2v) is 8.81. The lowest BCUT2D eigenvalue weighted by Gasteiger charge is -2.27. The third kappa shape index (κ3) is 4.04. The number of likely N-dealkylation sites (tertiary alicyclic amines) is 1. The number of carbonyl (C=O) groups excluding carboxylic acids is 1. The van der Waals surface area contributed by atoms with Crippen molar-refractivity contribution in [3.63, 3.8) is 0 Å². The van der Waals surface area contributed by atoms with Crippen molar-refractivity contribution >= 4 is 15.9 Å². The van der Waals surface area contributed by atoms with E-state index in [1.54, 1.807) is 30.3 Å². The summed E-state index contributed by atoms with van der Waals surface area (Å²) in [5, 5.41) is 2.97. The normalized spacial score (nSPS) is 23.6. The van der Waals surface area contributed by atoms with Crippen molar-refractivity contribution < 1.29 is 13.2 Å². The molecule has 0 unspecified atom stereocenters. The first-order valence-corrected chi connectivity index (χ1v) is 10.5. The van der Waals surface area contributed by atoms with E-state index in [9.17, 15) is 13.2 Å². The molecule has 2 heterocycles. The summed E-state index contributed by atoms with van der Waals surface area (Å²) in [7, 11) is -3.63. The zero-order valence-electron chi connectivity index (χ0n) is 14.7. The van der Waals surface area contributed by atoms with Crippen LogP contribution >= 0.6 is 0 Å². The van der Waals surface area contributed by atoms with Gasteiger partial charge in [-0.05, 0) is 57.8 Å². The van der Waals surface area contributed by atoms with Gasteiger partial charge in [0.2, 0.25) is 15.9 Å². The lowest BCUT2D eigenvalue weighted by molar-refractivity contribution is -0.124. The standard InChI is InChI=1S/C18H27N3O3S/c1-15(20-11-5-6-12-20)14-19-18(22)17-10-7-13-21(17)25(23,24)16-8-3-2-4-9-16/h2-4,8-9,15,17H,5-7,10-14H2,1H3,(H,19,22)/t15-,17+/m0/s1. The minimum Gasteiger partial charge on any atom is -0.353 e. The van der Waals surface area contributed by atoms with Crippen molar-refractivity contribution in [2.24, 2.45) is 0 Å². The predicted octanol–water partition coefficient (Wildman–Crippen LogP) is 1.44. The molecule has 2 aliphatic rings. The molecule has 1 amide bonds. The van der Waals surface area contributed by atoms with Gasteiger partial charge in [0.05, 0.1) is 4.90 Å². The highest BCUT2D eigenvalue weighted by Crippen LogP contribution is 2.26. The van der Waals surface area contributed by atoms with Crippen molar-refractivity contribution in [2.45, 2.75) is 49.6 Å². The molecule has 2 saturated heterocycles. The largest absolute Gasteiger partial charge is 0.353 e. The first kappa shape index (κ1) is 18.4. The van der Waals surface area contributed by atoms with E-state index in [0.717, 1.165) is 13.1 Å². The lowest BCUT2D eigenvalue weighted by atomic mass is 10.2. The highest BCUT2D eigenvalue weighted by atomic mass is 32.2. The van der Waals surface area contributed by atoms with Crippen molar-refractivity contribution in [2.75, 3.05) is 26.2 Å². The van der Waals surface area contributed by atoms with Gasteiger partial charge in [0.1, 0.15) is 6.04 Å². The number of benzene rings is 1. The molecule has 0 spiro atoms. The molecule has 2 fully saturated rings. The number of amides is 1. The number of carbonyl (C=O) groups is 1. The van der Waals surface area contributed by atoms with Gasteiger partial charge in [-0.3, -0.25) is 9.69 Å². The van der Waals surface area contributed by atoms with Crippen LogP contribution in [-0.4, -0.2) is 61.8 Å². The van der Waals surface area contributed by atoms with E-state index in [1.165, 1.54) is 17.1 Å². The quantitative estimate of drug-likeness (QED) is 0.828. The molecule has 2 atom stereocenters. The van der Waals surface area contributed by atoms with Crippen LogP contribution in [0.1, 0.15) is 32.6 Å². The maximum Gasteiger partial charge on any atom is 0.243 e. The molecule has 7 heteroatoms. The third-order valence-corrected chi connectivity index (χ3v) is 7.11. The molecule has 0 bridgehead atoms. The summed E-state index contributed by atoms with van der Waals surface area (Å²) < 4.78 is 27.0. The summed E-state index contributed by atoms with van der Waals surface area (Å²) >= 11 is 0. The van der Waals surface area contributed by atoms with Crippen LogP contribution in [-0.2, 0) is 14.8 Å². The maximum atomic E-state index is 12.8. The molecule has 1 aromatic rings. The van der Waals surface area contributed by atoms with E-state index in [4.69, 9.17) is 0 Å². The van der Waals surface area contributed by atoms with Crippen LogP contribution in [0.2, 0.25) is 0 Å². The van der Waals surface area contributed by atoms with Gasteiger partial charge in [-0.1, -0.05) is 18.2 Å². The molecule has 2 aliphatic heterocycles. The molecule has 0 saturated carbocycles. The SMILES string of the molecule is C[C@@H](CNC(=O)[C@H]1CCCN1S(=O)(=O)c1ccccc1)N1CCCC1. The van der Waals surface area contributed by atoms with Crippen LogP contribution in [0.4, 0.5) is 0 Å². The summed E-state index contributed by atoms with van der Waals surface area (Å²) in [4.78, 5) is 15.2. The Morgan fingerprint density at radius 3 is 2.52 bits per heavy atom. The number of rotatable bonds is 6. The van der Waals surface area contributed by atoms with Crippen LogP contribution in [0.25, 0.3) is 0 Å². The molecule has 3 rings (SSSR count). The second-order valence-electron chi connectivity index (χ2n) is 6.92. The van der Waals surface area contributed by atoms with Gasteiger partial charge < -0.3 is 5.32 Å². The molecule has 0 aliphatic carbocycles. The molecule has 1 aromatic carbocycles. The van der Waals surface area contributed by atoms with Gasteiger partial charge in [0, 0.05) is 19.1 Å². The maximum absolute atomic E-state index is 12.8. The highest BCUT2D eigenvalue weighted by Gasteiger charge is 2.39. The molecule has 0 radical (unpaired) electrons. The number of nitrogens with one attached hydrogen (secondary N) is 1. The minimum absolute atomic E-state index is 0.178. The first-order valence-electron chi connectivity index (χ1n) is 9.09. The Morgan fingerprint density at radius 2 is 1.84 bits per heavy atom. The Labute approximate surface area is 150 Å². The Balaban J connectivity index is 1.63. The van der Waals surface area contributed by atoms with Crippen molar-refractivity contribution in [1.29, 1.82) is 0 Å². The third-order valence-electron chi connectivity index (χ3n) is 5.19. The predicted molar refractivity (Wildman–Crippen MR) is 96.6 cm³/mol. The monoisotopic (exact) mass is 365 g/mol. The zero-order valence-corrected chi connectivity index (χ0v) is 15.5. The number of hydrogen-bond donors (Lipinski definition) is 1. The fraction of sp³-hybridized carbons (Fsp3) is 0.611. The van der Waals surface area contributed by atoms with Gasteiger partial charge in [-0.15, -0.1) is 0 Å². The number of hydrogen-bond acceptors (Lipinski definition) is 4. The van der Waals surface area contributed by atoms with E-state index in [2.05, 4.69) is 17.1 Å². The van der Waals surface area contributed by atoms with Gasteiger partial charge in [0.15, 0.2) is 0 Å². The highest BCUT2D eigenvalue weighted by molar-refractivity contribution is 7.89. The molecular formula is C18H27N3O3S. The van der Waals surface area contributed by atoms with Gasteiger partial charge in [0.25, 0.3) is 0 Å². The van der Waals surface area contributed by atoms with Crippen LogP contribution in [0.3, 0.4) is 0 Å². The molecule has 1 N–H and O–H groups in total. The fourth-order valence-corrected chi connectivity index (χ4v) is 5.37. The summed E-state index contributed by atoms with van der Waals surface area (Å²) in [5.41, 5.74) is 0. The van der Waals surface area contributed by atoms with E-state index in [1.807, 2.05) is 0 Å². The Hall–Kier alpha value is -1.44. The van der Waals surface area contributed by atoms with Crippen molar-refractivity contribution in [1.82, 2.24) is 14.5 Å². The molecule has 0 aromatic heterocycles. The topological polar surface area (TPSA) is 69.7 Å². The van der Waals surface area contributed by atoms with E-state index in [0.29, 0.717) is 25.9 Å². The smallest absolute Gasteiger partial charge is 0.243 e. The van der Waals surface area contributed by atoms with E-state index >= 15 is 0 Å². The van der Waals surface area contributed by atoms with Crippen molar-refractivity contribution in [3.05, 3.63) is 30.3 Å². The van der Waals surface area contributed by atoms with Gasteiger partial charge in [-0.25, -0.2) is 8.42 Å². The molecule has 6 nitrogen and oxygen atoms in total. The summed E-state index contributed by atoms with van der Waals surface area (Å²) in [6, 6.07) is 8.04. The zero-order chi connectivity index (χ0) is 17.9. The van der Waals surface area contributed by atoms with Crippen LogP contribution in [0, 0.1) is 0 Å². The van der Waals surface area contributed by atoms with Crippen LogP contribution in [0.15, 0.2) is 35.2 Å². The molecule has 25 heavy (non-hydrogen) atoms. The van der Waals surface area contributed by atoms with Crippen LogP contribution in [0.5, 0.6) is 0 Å². The van der Waals surface area contributed by atoms with E-state index in [-0.39, 0.29) is 16.8 Å². The summed E-state index contributed by atoms with van der Waals surface area (Å²) in [5.74, 6) is -0.178. The Kier molecular flexibility index (Phi) is 5.76. The van der Waals surface area contributed by atoms with E-state index < -0.39 is 16.1 Å². The molecule has 138 valence electrons. The number of sulfonamides is 1. The Bertz CT molecular complexity index is 687. The van der Waals surface area contributed by atoms with Crippen LogP contribution < -0.4 is 5.32 Å². The minimum atomic E-state index is -3.63. The Morgan fingerprint density at radius 1 is 1.16 bits per heavy atom. The second kappa shape index (κ2) is 7.85. The number of nitrogens with zero attached hydrogens (tertiary/aromatic N) is 2. The average Bonchev–Trinajstić information content (AvgIpc) is 3.31. The van der Waals surface area contributed by atoms with Gasteiger partial charge in [-0.2, -0.15) is 4.31 Å². The summed E-state index contributed by atoms with van der Waals surface area (Å²) in [6.07, 6.45) is 3.72. The van der Waals surface area contributed by atoms with Gasteiger partial charge >= 0.3 is 0 Å². The molecular weight excluding hydrogens is 338 g/mol. The fourth-order valence-electron chi connectivity index (χ4n) is 3.70. The average molecular weight is 365 g/mol. The van der Waals surface area contributed by atoms with Crippen molar-refractivity contribution in [3.8, 4) is 0 Å². The summed E-state index contributed by atoms with van der Waals surface area (Å²) in [6.45, 7) is 5.23. The lowest BCUT2D eigenvalue weighted by Crippen LogP contribution is -2.49.